The zero-order chi connectivity index (χ0) is 17.5. The molecule has 0 aromatic heterocycles. The van der Waals surface area contributed by atoms with Crippen LogP contribution in [0.5, 0.6) is 0 Å². The average Bonchev–Trinajstić information content (AvgIpc) is 2.65. The second-order valence-electron chi connectivity index (χ2n) is 5.76. The minimum atomic E-state index is -0.844. The Morgan fingerprint density at radius 3 is 1.92 bits per heavy atom. The zero-order valence-corrected chi connectivity index (χ0v) is 13.7. The molecular formula is C20H22O4. The van der Waals surface area contributed by atoms with Crippen LogP contribution in [0.4, 0.5) is 0 Å². The molecule has 0 aliphatic carbocycles. The van der Waals surface area contributed by atoms with Crippen LogP contribution in [0.25, 0.3) is 11.1 Å². The molecule has 0 radical (unpaired) electrons. The minimum absolute atomic E-state index is 0.0968. The van der Waals surface area contributed by atoms with Crippen LogP contribution in [0.1, 0.15) is 29.3 Å². The molecule has 0 saturated carbocycles. The molecule has 2 aromatic carbocycles. The van der Waals surface area contributed by atoms with Gasteiger partial charge in [-0.25, -0.2) is 0 Å². The number of aliphatic hydroxyl groups excluding tert-OH is 2. The van der Waals surface area contributed by atoms with Crippen LogP contribution in [0.2, 0.25) is 0 Å². The summed E-state index contributed by atoms with van der Waals surface area (Å²) in [5.74, 6) is -1.58. The van der Waals surface area contributed by atoms with Crippen LogP contribution >= 0.6 is 0 Å². The lowest BCUT2D eigenvalue weighted by Crippen LogP contribution is -2.24. The van der Waals surface area contributed by atoms with Crippen LogP contribution in [-0.4, -0.2) is 35.0 Å². The van der Waals surface area contributed by atoms with Gasteiger partial charge in [-0.05, 0) is 23.1 Å². The number of hydrogen-bond donors (Lipinski definition) is 2. The normalized spacial score (nSPS) is 12.0. The van der Waals surface area contributed by atoms with E-state index in [2.05, 4.69) is 31.2 Å². The summed E-state index contributed by atoms with van der Waals surface area (Å²) in [4.78, 5) is 23.7. The first-order chi connectivity index (χ1) is 11.6. The number of hydrogen-bond acceptors (Lipinski definition) is 4. The van der Waals surface area contributed by atoms with Gasteiger partial charge in [0, 0.05) is 12.0 Å². The topological polar surface area (TPSA) is 74.6 Å². The molecule has 0 aliphatic rings. The highest BCUT2D eigenvalue weighted by Crippen LogP contribution is 2.21. The van der Waals surface area contributed by atoms with E-state index < -0.39 is 24.9 Å². The van der Waals surface area contributed by atoms with Crippen LogP contribution in [0, 0.1) is 5.92 Å². The Kier molecular flexibility index (Phi) is 6.41. The summed E-state index contributed by atoms with van der Waals surface area (Å²) in [6.07, 6.45) is 0.896. The first kappa shape index (κ1) is 18.0. The van der Waals surface area contributed by atoms with Crippen molar-refractivity contribution in [3.63, 3.8) is 0 Å². The van der Waals surface area contributed by atoms with Gasteiger partial charge in [-0.3, -0.25) is 9.59 Å². The first-order valence-corrected chi connectivity index (χ1v) is 8.06. The average molecular weight is 326 g/mol. The number of ketones is 2. The molecule has 2 N–H and O–H groups in total. The highest BCUT2D eigenvalue weighted by Gasteiger charge is 2.21. The summed E-state index contributed by atoms with van der Waals surface area (Å²) < 4.78 is 0. The molecular weight excluding hydrogens is 304 g/mol. The Hall–Kier alpha value is -2.30. The molecule has 0 unspecified atom stereocenters. The minimum Gasteiger partial charge on any atom is -0.396 e. The molecule has 2 aromatic rings. The van der Waals surface area contributed by atoms with Crippen molar-refractivity contribution in [2.75, 3.05) is 13.2 Å². The molecule has 4 heteroatoms. The van der Waals surface area contributed by atoms with Gasteiger partial charge in [0.15, 0.2) is 11.6 Å². The van der Waals surface area contributed by atoms with Crippen molar-refractivity contribution in [3.05, 3.63) is 59.7 Å². The van der Waals surface area contributed by atoms with Gasteiger partial charge in [0.2, 0.25) is 0 Å². The third kappa shape index (κ3) is 4.37. The monoisotopic (exact) mass is 326 g/mol. The van der Waals surface area contributed by atoms with Crippen LogP contribution < -0.4 is 0 Å². The van der Waals surface area contributed by atoms with E-state index in [9.17, 15) is 14.7 Å². The molecule has 0 saturated heterocycles. The van der Waals surface area contributed by atoms with Gasteiger partial charge in [0.25, 0.3) is 0 Å². The van der Waals surface area contributed by atoms with E-state index in [1.165, 1.54) is 5.56 Å². The van der Waals surface area contributed by atoms with Crippen LogP contribution in [-0.2, 0) is 11.2 Å². The summed E-state index contributed by atoms with van der Waals surface area (Å²) in [5.41, 5.74) is 3.86. The maximum atomic E-state index is 12.2. The Morgan fingerprint density at radius 2 is 1.46 bits per heavy atom. The third-order valence-electron chi connectivity index (χ3n) is 4.17. The molecule has 0 fully saturated rings. The van der Waals surface area contributed by atoms with Gasteiger partial charge in [0.1, 0.15) is 6.61 Å². The molecule has 1 atom stereocenters. The van der Waals surface area contributed by atoms with E-state index >= 15 is 0 Å². The van der Waals surface area contributed by atoms with E-state index in [4.69, 9.17) is 5.11 Å². The number of benzene rings is 2. The van der Waals surface area contributed by atoms with E-state index in [0.29, 0.717) is 5.56 Å². The lowest BCUT2D eigenvalue weighted by Gasteiger charge is -2.11. The third-order valence-corrected chi connectivity index (χ3v) is 4.17. The van der Waals surface area contributed by atoms with Gasteiger partial charge in [-0.2, -0.15) is 0 Å². The highest BCUT2D eigenvalue weighted by molar-refractivity contribution is 5.99. The van der Waals surface area contributed by atoms with Gasteiger partial charge < -0.3 is 10.2 Å². The lowest BCUT2D eigenvalue weighted by molar-refractivity contribution is -0.126. The van der Waals surface area contributed by atoms with Gasteiger partial charge in [0.05, 0.1) is 12.5 Å². The van der Waals surface area contributed by atoms with Crippen LogP contribution in [0.3, 0.4) is 0 Å². The summed E-state index contributed by atoms with van der Waals surface area (Å²) in [6.45, 7) is 1.01. The Labute approximate surface area is 141 Å². The molecule has 24 heavy (non-hydrogen) atoms. The SMILES string of the molecule is CCc1ccc(-c2ccc(C(=O)C[C@H](CO)C(=O)CO)cc2)cc1. The quantitative estimate of drug-likeness (QED) is 0.731. The van der Waals surface area contributed by atoms with Gasteiger partial charge in [-0.15, -0.1) is 0 Å². The molecule has 0 spiro atoms. The zero-order valence-electron chi connectivity index (χ0n) is 13.7. The van der Waals surface area contributed by atoms with E-state index in [1.807, 2.05) is 12.1 Å². The van der Waals surface area contributed by atoms with E-state index in [-0.39, 0.29) is 12.2 Å². The van der Waals surface area contributed by atoms with Crippen molar-refractivity contribution in [2.45, 2.75) is 19.8 Å². The van der Waals surface area contributed by atoms with E-state index in [1.54, 1.807) is 12.1 Å². The van der Waals surface area contributed by atoms with Crippen molar-refractivity contribution in [1.82, 2.24) is 0 Å². The smallest absolute Gasteiger partial charge is 0.163 e. The second-order valence-corrected chi connectivity index (χ2v) is 5.76. The molecule has 0 aliphatic heterocycles. The lowest BCUT2D eigenvalue weighted by atomic mass is 9.94. The number of carbonyl (C=O) groups excluding carboxylic acids is 2. The fourth-order valence-corrected chi connectivity index (χ4v) is 2.53. The summed E-state index contributed by atoms with van der Waals surface area (Å²) in [5, 5.41) is 18.0. The number of rotatable bonds is 8. The highest BCUT2D eigenvalue weighted by atomic mass is 16.3. The predicted molar refractivity (Wildman–Crippen MR) is 92.9 cm³/mol. The Bertz CT molecular complexity index is 687. The molecule has 2 rings (SSSR count). The maximum Gasteiger partial charge on any atom is 0.163 e. The predicted octanol–water partition coefficient (Wildman–Crippen LogP) is 2.66. The summed E-state index contributed by atoms with van der Waals surface area (Å²) >= 11 is 0. The van der Waals surface area contributed by atoms with Crippen molar-refractivity contribution in [1.29, 1.82) is 0 Å². The molecule has 0 amide bonds. The molecule has 126 valence electrons. The van der Waals surface area contributed by atoms with Gasteiger partial charge in [-0.1, -0.05) is 55.5 Å². The maximum absolute atomic E-state index is 12.2. The Balaban J connectivity index is 2.10. The fraction of sp³-hybridized carbons (Fsp3) is 0.300. The molecule has 0 heterocycles. The second kappa shape index (κ2) is 8.52. The number of carbonyl (C=O) groups is 2. The van der Waals surface area contributed by atoms with E-state index in [0.717, 1.165) is 17.5 Å². The van der Waals surface area contributed by atoms with Crippen molar-refractivity contribution in [3.8, 4) is 11.1 Å². The van der Waals surface area contributed by atoms with Crippen LogP contribution in [0.15, 0.2) is 48.5 Å². The fourth-order valence-electron chi connectivity index (χ4n) is 2.53. The summed E-state index contributed by atoms with van der Waals surface area (Å²) in [7, 11) is 0. The largest absolute Gasteiger partial charge is 0.396 e. The molecule has 0 bridgehead atoms. The van der Waals surface area contributed by atoms with Crippen molar-refractivity contribution in [2.24, 2.45) is 5.92 Å². The Morgan fingerprint density at radius 1 is 0.917 bits per heavy atom. The number of aryl methyl sites for hydroxylation is 1. The summed E-state index contributed by atoms with van der Waals surface area (Å²) in [6, 6.07) is 15.5. The number of aliphatic hydroxyl groups is 2. The van der Waals surface area contributed by atoms with Gasteiger partial charge >= 0.3 is 0 Å². The van der Waals surface area contributed by atoms with Crippen molar-refractivity contribution < 1.29 is 19.8 Å². The van der Waals surface area contributed by atoms with Crippen molar-refractivity contribution >= 4 is 11.6 Å². The standard InChI is InChI=1S/C20H22O4/c1-2-14-3-5-15(6-4-14)16-7-9-17(10-8-16)19(23)11-18(12-21)20(24)13-22/h3-10,18,21-22H,2,11-13H2,1H3/t18-/m1/s1. The molecule has 4 nitrogen and oxygen atoms in total. The number of Topliss-reactive ketones (excluding diaryl/α,β-unsaturated/α-hetero) is 2. The first-order valence-electron chi connectivity index (χ1n) is 8.06.